The molecule has 3 heterocycles. The first-order chi connectivity index (χ1) is 13.7. The molecular formula is C23H21N3OS. The number of amides is 1. The number of piperidine rings is 1. The van der Waals surface area contributed by atoms with Gasteiger partial charge in [-0.05, 0) is 44.0 Å². The molecule has 140 valence electrons. The van der Waals surface area contributed by atoms with Crippen molar-refractivity contribution < 1.29 is 4.79 Å². The molecular weight excluding hydrogens is 366 g/mol. The first-order valence-electron chi connectivity index (χ1n) is 9.70. The van der Waals surface area contributed by atoms with Crippen LogP contribution in [0.3, 0.4) is 0 Å². The Kier molecular flexibility index (Phi) is 4.32. The Balaban J connectivity index is 1.46. The second-order valence-corrected chi connectivity index (χ2v) is 8.50. The lowest BCUT2D eigenvalue weighted by Gasteiger charge is -2.32. The van der Waals surface area contributed by atoms with Gasteiger partial charge < -0.3 is 4.90 Å². The third kappa shape index (κ3) is 3.06. The fraction of sp³-hybridized carbons (Fsp3) is 0.261. The predicted octanol–water partition coefficient (Wildman–Crippen LogP) is 5.17. The summed E-state index contributed by atoms with van der Waals surface area (Å²) in [6.07, 6.45) is 2.09. The van der Waals surface area contributed by atoms with Crippen LogP contribution in [0.5, 0.6) is 0 Å². The average molecular weight is 388 g/mol. The van der Waals surface area contributed by atoms with Gasteiger partial charge in [0.1, 0.15) is 0 Å². The average Bonchev–Trinajstić information content (AvgIpc) is 3.17. The normalized spacial score (nSPS) is 17.3. The molecule has 1 aliphatic heterocycles. The van der Waals surface area contributed by atoms with E-state index in [2.05, 4.69) is 23.2 Å². The van der Waals surface area contributed by atoms with E-state index in [4.69, 9.17) is 4.98 Å². The first kappa shape index (κ1) is 17.3. The van der Waals surface area contributed by atoms with Gasteiger partial charge in [0.25, 0.3) is 5.91 Å². The SMILES string of the molecule is Cc1cc(C(=O)N2CCC[C@H](c3nc4ccccc4s3)C2)c2ccccc2n1. The van der Waals surface area contributed by atoms with Crippen LogP contribution in [0.1, 0.15) is 39.8 Å². The number of carbonyl (C=O) groups excluding carboxylic acids is 1. The molecule has 0 aliphatic carbocycles. The topological polar surface area (TPSA) is 46.1 Å². The number of rotatable bonds is 2. The van der Waals surface area contributed by atoms with Crippen molar-refractivity contribution in [3.63, 3.8) is 0 Å². The summed E-state index contributed by atoms with van der Waals surface area (Å²) in [5, 5.41) is 2.08. The number of likely N-dealkylation sites (tertiary alicyclic amines) is 1. The molecule has 28 heavy (non-hydrogen) atoms. The Labute approximate surface area is 167 Å². The van der Waals surface area contributed by atoms with Crippen molar-refractivity contribution in [2.45, 2.75) is 25.7 Å². The Morgan fingerprint density at radius 1 is 1.07 bits per heavy atom. The van der Waals surface area contributed by atoms with Crippen LogP contribution in [-0.2, 0) is 0 Å². The summed E-state index contributed by atoms with van der Waals surface area (Å²) in [4.78, 5) is 24.8. The molecule has 1 amide bonds. The fourth-order valence-electron chi connectivity index (χ4n) is 4.08. The van der Waals surface area contributed by atoms with Crippen molar-refractivity contribution in [1.29, 1.82) is 0 Å². The van der Waals surface area contributed by atoms with Gasteiger partial charge in [0.2, 0.25) is 0 Å². The highest BCUT2D eigenvalue weighted by molar-refractivity contribution is 7.18. The van der Waals surface area contributed by atoms with Crippen LogP contribution in [0.2, 0.25) is 0 Å². The standard InChI is InChI=1S/C23H21N3OS/c1-15-13-18(17-8-2-3-9-19(17)24-15)23(27)26-12-6-7-16(14-26)22-25-20-10-4-5-11-21(20)28-22/h2-5,8-11,13,16H,6-7,12,14H2,1H3/t16-/m0/s1. The van der Waals surface area contributed by atoms with Gasteiger partial charge in [-0.25, -0.2) is 4.98 Å². The second kappa shape index (κ2) is 6.99. The number of aromatic nitrogens is 2. The second-order valence-electron chi connectivity index (χ2n) is 7.44. The van der Waals surface area contributed by atoms with E-state index in [0.717, 1.165) is 58.6 Å². The monoisotopic (exact) mass is 387 g/mol. The van der Waals surface area contributed by atoms with Gasteiger partial charge in [0.05, 0.1) is 26.3 Å². The number of para-hydroxylation sites is 2. The van der Waals surface area contributed by atoms with E-state index in [1.165, 1.54) is 4.70 Å². The highest BCUT2D eigenvalue weighted by atomic mass is 32.1. The summed E-state index contributed by atoms with van der Waals surface area (Å²) in [7, 11) is 0. The molecule has 0 radical (unpaired) electrons. The van der Waals surface area contributed by atoms with Crippen molar-refractivity contribution >= 4 is 38.4 Å². The van der Waals surface area contributed by atoms with Gasteiger partial charge in [-0.15, -0.1) is 11.3 Å². The Morgan fingerprint density at radius 2 is 1.86 bits per heavy atom. The number of carbonyl (C=O) groups is 1. The molecule has 1 fully saturated rings. The largest absolute Gasteiger partial charge is 0.338 e. The van der Waals surface area contributed by atoms with Crippen LogP contribution in [-0.4, -0.2) is 33.9 Å². The zero-order valence-corrected chi connectivity index (χ0v) is 16.6. The highest BCUT2D eigenvalue weighted by Gasteiger charge is 2.28. The summed E-state index contributed by atoms with van der Waals surface area (Å²) in [5.41, 5.74) is 3.57. The van der Waals surface area contributed by atoms with E-state index in [-0.39, 0.29) is 5.91 Å². The molecule has 4 aromatic rings. The van der Waals surface area contributed by atoms with Gasteiger partial charge >= 0.3 is 0 Å². The van der Waals surface area contributed by atoms with Crippen LogP contribution < -0.4 is 0 Å². The first-order valence-corrected chi connectivity index (χ1v) is 10.5. The summed E-state index contributed by atoms with van der Waals surface area (Å²) < 4.78 is 1.22. The minimum Gasteiger partial charge on any atom is -0.338 e. The summed E-state index contributed by atoms with van der Waals surface area (Å²) in [6.45, 7) is 3.48. The highest BCUT2D eigenvalue weighted by Crippen LogP contribution is 2.33. The van der Waals surface area contributed by atoms with Crippen LogP contribution in [0, 0.1) is 6.92 Å². The van der Waals surface area contributed by atoms with E-state index in [1.807, 2.05) is 48.2 Å². The van der Waals surface area contributed by atoms with Gasteiger partial charge in [0.15, 0.2) is 0 Å². The lowest BCUT2D eigenvalue weighted by Crippen LogP contribution is -2.39. The van der Waals surface area contributed by atoms with Crippen molar-refractivity contribution in [2.75, 3.05) is 13.1 Å². The van der Waals surface area contributed by atoms with Crippen LogP contribution >= 0.6 is 11.3 Å². The number of aryl methyl sites for hydroxylation is 1. The number of hydrogen-bond acceptors (Lipinski definition) is 4. The molecule has 5 heteroatoms. The smallest absolute Gasteiger partial charge is 0.254 e. The molecule has 1 atom stereocenters. The lowest BCUT2D eigenvalue weighted by molar-refractivity contribution is 0.0709. The predicted molar refractivity (Wildman–Crippen MR) is 114 cm³/mol. The van der Waals surface area contributed by atoms with E-state index in [1.54, 1.807) is 11.3 Å². The van der Waals surface area contributed by atoms with Crippen molar-refractivity contribution in [3.05, 3.63) is 70.9 Å². The molecule has 0 N–H and O–H groups in total. The van der Waals surface area contributed by atoms with Gasteiger partial charge in [-0.1, -0.05) is 30.3 Å². The molecule has 0 spiro atoms. The summed E-state index contributed by atoms with van der Waals surface area (Å²) in [5.74, 6) is 0.414. The van der Waals surface area contributed by atoms with Crippen LogP contribution in [0.4, 0.5) is 0 Å². The van der Waals surface area contributed by atoms with Crippen molar-refractivity contribution in [2.24, 2.45) is 0 Å². The molecule has 0 saturated carbocycles. The van der Waals surface area contributed by atoms with E-state index in [0.29, 0.717) is 5.92 Å². The lowest BCUT2D eigenvalue weighted by atomic mass is 9.97. The van der Waals surface area contributed by atoms with Gasteiger partial charge in [-0.3, -0.25) is 9.78 Å². The van der Waals surface area contributed by atoms with Gasteiger partial charge in [0, 0.05) is 30.1 Å². The zero-order valence-electron chi connectivity index (χ0n) is 15.8. The molecule has 4 nitrogen and oxygen atoms in total. The van der Waals surface area contributed by atoms with Crippen molar-refractivity contribution in [3.8, 4) is 0 Å². The summed E-state index contributed by atoms with van der Waals surface area (Å²) in [6, 6.07) is 18.1. The third-order valence-corrected chi connectivity index (χ3v) is 6.64. The van der Waals surface area contributed by atoms with E-state index < -0.39 is 0 Å². The fourth-order valence-corrected chi connectivity index (χ4v) is 5.18. The Hall–Kier alpha value is -2.79. The Bertz CT molecular complexity index is 1150. The van der Waals surface area contributed by atoms with E-state index >= 15 is 0 Å². The molecule has 2 aromatic carbocycles. The van der Waals surface area contributed by atoms with Crippen molar-refractivity contribution in [1.82, 2.24) is 14.9 Å². The molecule has 1 saturated heterocycles. The van der Waals surface area contributed by atoms with Gasteiger partial charge in [-0.2, -0.15) is 0 Å². The minimum absolute atomic E-state index is 0.104. The maximum absolute atomic E-state index is 13.4. The maximum Gasteiger partial charge on any atom is 0.254 e. The molecule has 0 bridgehead atoms. The van der Waals surface area contributed by atoms with Crippen LogP contribution in [0.25, 0.3) is 21.1 Å². The number of fused-ring (bicyclic) bond motifs is 2. The van der Waals surface area contributed by atoms with Crippen LogP contribution in [0.15, 0.2) is 54.6 Å². The molecule has 2 aromatic heterocycles. The number of benzene rings is 2. The maximum atomic E-state index is 13.4. The summed E-state index contributed by atoms with van der Waals surface area (Å²) >= 11 is 1.76. The molecule has 0 unspecified atom stereocenters. The number of hydrogen-bond donors (Lipinski definition) is 0. The number of pyridine rings is 1. The Morgan fingerprint density at radius 3 is 2.71 bits per heavy atom. The number of thiazole rings is 1. The van der Waals surface area contributed by atoms with E-state index in [9.17, 15) is 4.79 Å². The zero-order chi connectivity index (χ0) is 19.1. The minimum atomic E-state index is 0.104. The quantitative estimate of drug-likeness (QED) is 0.476. The third-order valence-electron chi connectivity index (χ3n) is 5.44. The molecule has 1 aliphatic rings. The molecule has 5 rings (SSSR count). The number of nitrogens with zero attached hydrogens (tertiary/aromatic N) is 3.